The number of nitrogens with zero attached hydrogens (tertiary/aromatic N) is 1. The monoisotopic (exact) mass is 292 g/mol. The van der Waals surface area contributed by atoms with Gasteiger partial charge in [0.1, 0.15) is 6.04 Å². The maximum Gasteiger partial charge on any atom is 0.312 e. The van der Waals surface area contributed by atoms with Gasteiger partial charge in [0.05, 0.1) is 0 Å². The molecule has 1 saturated heterocycles. The van der Waals surface area contributed by atoms with Crippen LogP contribution in [0.1, 0.15) is 32.6 Å². The second-order valence-electron chi connectivity index (χ2n) is 4.76. The highest BCUT2D eigenvalue weighted by Crippen LogP contribution is 2.12. The van der Waals surface area contributed by atoms with Crippen molar-refractivity contribution in [2.24, 2.45) is 5.73 Å². The minimum Gasteiger partial charge on any atom is -0.352 e. The summed E-state index contributed by atoms with van der Waals surface area (Å²) in [6, 6.07) is -0.773. The molecule has 0 aliphatic carbocycles. The summed E-state index contributed by atoms with van der Waals surface area (Å²) in [7, 11) is 1.91. The SMILES string of the molecule is CCC[C@@H](NC(N)=O)C(=O)N1CCCC(NC)C1.Cl. The first kappa shape index (κ1) is 18.0. The number of likely N-dealkylation sites (tertiary alicyclic amines) is 1. The highest BCUT2D eigenvalue weighted by atomic mass is 35.5. The zero-order chi connectivity index (χ0) is 13.5. The van der Waals surface area contributed by atoms with Crippen LogP contribution in [0.3, 0.4) is 0 Å². The first-order valence-electron chi connectivity index (χ1n) is 6.60. The van der Waals surface area contributed by atoms with E-state index in [2.05, 4.69) is 10.6 Å². The third-order valence-electron chi connectivity index (χ3n) is 3.33. The van der Waals surface area contributed by atoms with Crippen LogP contribution in [0.2, 0.25) is 0 Å². The van der Waals surface area contributed by atoms with Crippen LogP contribution in [-0.2, 0) is 4.79 Å². The lowest BCUT2D eigenvalue weighted by Gasteiger charge is -2.34. The summed E-state index contributed by atoms with van der Waals surface area (Å²) in [5, 5.41) is 5.73. The average molecular weight is 293 g/mol. The van der Waals surface area contributed by atoms with Crippen molar-refractivity contribution in [2.45, 2.75) is 44.7 Å². The molecule has 0 aromatic carbocycles. The Balaban J connectivity index is 0.00000324. The molecule has 1 fully saturated rings. The van der Waals surface area contributed by atoms with Gasteiger partial charge in [-0.2, -0.15) is 0 Å². The van der Waals surface area contributed by atoms with Gasteiger partial charge in [0.2, 0.25) is 5.91 Å². The van der Waals surface area contributed by atoms with Gasteiger partial charge in [0, 0.05) is 19.1 Å². The number of rotatable bonds is 5. The molecule has 7 heteroatoms. The number of halogens is 1. The average Bonchev–Trinajstić information content (AvgIpc) is 2.37. The van der Waals surface area contributed by atoms with Gasteiger partial charge in [-0.25, -0.2) is 4.79 Å². The summed E-state index contributed by atoms with van der Waals surface area (Å²) in [6.07, 6.45) is 3.54. The van der Waals surface area contributed by atoms with Crippen molar-refractivity contribution in [3.05, 3.63) is 0 Å². The molecule has 0 radical (unpaired) electrons. The number of nitrogens with two attached hydrogens (primary N) is 1. The fraction of sp³-hybridized carbons (Fsp3) is 0.833. The molecule has 1 heterocycles. The molecular formula is C12H25ClN4O2. The first-order valence-corrected chi connectivity index (χ1v) is 6.60. The van der Waals surface area contributed by atoms with Crippen LogP contribution >= 0.6 is 12.4 Å². The molecule has 0 spiro atoms. The van der Waals surface area contributed by atoms with Crippen LogP contribution < -0.4 is 16.4 Å². The molecule has 2 atom stereocenters. The summed E-state index contributed by atoms with van der Waals surface area (Å²) in [6.45, 7) is 3.45. The van der Waals surface area contributed by atoms with Crippen molar-refractivity contribution in [3.63, 3.8) is 0 Å². The zero-order valence-electron chi connectivity index (χ0n) is 11.6. The van der Waals surface area contributed by atoms with Gasteiger partial charge in [-0.1, -0.05) is 13.3 Å². The highest BCUT2D eigenvalue weighted by Gasteiger charge is 2.28. The number of likely N-dealkylation sites (N-methyl/N-ethyl adjacent to an activating group) is 1. The normalized spacial score (nSPS) is 20.3. The van der Waals surface area contributed by atoms with Gasteiger partial charge in [-0.3, -0.25) is 4.79 Å². The molecule has 1 rings (SSSR count). The molecule has 3 amide bonds. The first-order chi connectivity index (χ1) is 8.58. The molecule has 0 saturated carbocycles. The van der Waals surface area contributed by atoms with Crippen molar-refractivity contribution in [3.8, 4) is 0 Å². The van der Waals surface area contributed by atoms with E-state index in [0.29, 0.717) is 19.0 Å². The van der Waals surface area contributed by atoms with Gasteiger partial charge >= 0.3 is 6.03 Å². The number of primary amides is 1. The number of hydrogen-bond donors (Lipinski definition) is 3. The molecule has 0 bridgehead atoms. The Labute approximate surface area is 120 Å². The van der Waals surface area contributed by atoms with E-state index in [1.807, 2.05) is 18.9 Å². The number of hydrogen-bond acceptors (Lipinski definition) is 3. The number of amides is 3. The van der Waals surface area contributed by atoms with E-state index >= 15 is 0 Å². The summed E-state index contributed by atoms with van der Waals surface area (Å²) in [4.78, 5) is 25.1. The Bertz CT molecular complexity index is 301. The predicted molar refractivity (Wildman–Crippen MR) is 77.3 cm³/mol. The van der Waals surface area contributed by atoms with Crippen molar-refractivity contribution in [1.82, 2.24) is 15.5 Å². The lowest BCUT2D eigenvalue weighted by atomic mass is 10.0. The second kappa shape index (κ2) is 8.98. The Morgan fingerprint density at radius 3 is 2.68 bits per heavy atom. The van der Waals surface area contributed by atoms with Crippen LogP contribution in [-0.4, -0.2) is 49.1 Å². The fourth-order valence-electron chi connectivity index (χ4n) is 2.35. The zero-order valence-corrected chi connectivity index (χ0v) is 12.5. The van der Waals surface area contributed by atoms with Crippen LogP contribution in [0.4, 0.5) is 4.79 Å². The molecule has 1 aliphatic heterocycles. The van der Waals surface area contributed by atoms with Crippen LogP contribution in [0, 0.1) is 0 Å². The van der Waals surface area contributed by atoms with E-state index < -0.39 is 12.1 Å². The summed E-state index contributed by atoms with van der Waals surface area (Å²) < 4.78 is 0. The van der Waals surface area contributed by atoms with E-state index in [9.17, 15) is 9.59 Å². The largest absolute Gasteiger partial charge is 0.352 e. The lowest BCUT2D eigenvalue weighted by Crippen LogP contribution is -2.54. The number of nitrogens with one attached hydrogen (secondary N) is 2. The Hall–Kier alpha value is -1.01. The molecule has 6 nitrogen and oxygen atoms in total. The van der Waals surface area contributed by atoms with Gasteiger partial charge in [-0.15, -0.1) is 12.4 Å². The molecule has 4 N–H and O–H groups in total. The third-order valence-corrected chi connectivity index (χ3v) is 3.33. The van der Waals surface area contributed by atoms with E-state index in [1.165, 1.54) is 0 Å². The van der Waals surface area contributed by atoms with Crippen molar-refractivity contribution >= 4 is 24.3 Å². The van der Waals surface area contributed by atoms with E-state index in [4.69, 9.17) is 5.73 Å². The fourth-order valence-corrected chi connectivity index (χ4v) is 2.35. The Morgan fingerprint density at radius 2 is 2.16 bits per heavy atom. The summed E-state index contributed by atoms with van der Waals surface area (Å²) >= 11 is 0. The number of carbonyl (C=O) groups is 2. The van der Waals surface area contributed by atoms with Gasteiger partial charge in [0.25, 0.3) is 0 Å². The smallest absolute Gasteiger partial charge is 0.312 e. The molecule has 0 aromatic rings. The summed E-state index contributed by atoms with van der Waals surface area (Å²) in [5.41, 5.74) is 5.11. The molecule has 112 valence electrons. The third kappa shape index (κ3) is 5.65. The molecule has 1 aliphatic rings. The topological polar surface area (TPSA) is 87.5 Å². The number of urea groups is 1. The molecule has 0 aromatic heterocycles. The minimum absolute atomic E-state index is 0. The molecule has 19 heavy (non-hydrogen) atoms. The predicted octanol–water partition coefficient (Wildman–Crippen LogP) is 0.456. The van der Waals surface area contributed by atoms with Gasteiger partial charge in [0.15, 0.2) is 0 Å². The van der Waals surface area contributed by atoms with Gasteiger partial charge in [-0.05, 0) is 26.3 Å². The maximum atomic E-state index is 12.3. The Morgan fingerprint density at radius 1 is 1.47 bits per heavy atom. The van der Waals surface area contributed by atoms with Crippen molar-refractivity contribution in [2.75, 3.05) is 20.1 Å². The van der Waals surface area contributed by atoms with Crippen molar-refractivity contribution < 1.29 is 9.59 Å². The standard InChI is InChI=1S/C12H24N4O2.ClH/c1-3-5-10(15-12(13)18)11(17)16-7-4-6-9(8-16)14-2;/h9-10,14H,3-8H2,1-2H3,(H3,13,15,18);1H/t9?,10-;/m1./s1. The van der Waals surface area contributed by atoms with Gasteiger partial charge < -0.3 is 21.3 Å². The molecular weight excluding hydrogens is 268 g/mol. The number of piperidine rings is 1. The van der Waals surface area contributed by atoms with Crippen LogP contribution in [0.15, 0.2) is 0 Å². The number of carbonyl (C=O) groups excluding carboxylic acids is 2. The van der Waals surface area contributed by atoms with Crippen LogP contribution in [0.5, 0.6) is 0 Å². The summed E-state index contributed by atoms with van der Waals surface area (Å²) in [5.74, 6) is -0.0180. The van der Waals surface area contributed by atoms with E-state index in [1.54, 1.807) is 0 Å². The second-order valence-corrected chi connectivity index (χ2v) is 4.76. The van der Waals surface area contributed by atoms with E-state index in [-0.39, 0.29) is 18.3 Å². The highest BCUT2D eigenvalue weighted by molar-refractivity contribution is 5.86. The molecule has 1 unspecified atom stereocenters. The van der Waals surface area contributed by atoms with E-state index in [0.717, 1.165) is 25.8 Å². The van der Waals surface area contributed by atoms with Crippen LogP contribution in [0.25, 0.3) is 0 Å². The maximum absolute atomic E-state index is 12.3. The minimum atomic E-state index is -0.635. The van der Waals surface area contributed by atoms with Crippen molar-refractivity contribution in [1.29, 1.82) is 0 Å². The lowest BCUT2D eigenvalue weighted by molar-refractivity contribution is -0.134. The Kier molecular flexibility index (Phi) is 8.51. The quantitative estimate of drug-likeness (QED) is 0.688.